The smallest absolute Gasteiger partial charge is 0.306 e. The van der Waals surface area contributed by atoms with Crippen LogP contribution in [-0.2, 0) is 19.1 Å². The average molecular weight is 300 g/mol. The van der Waals surface area contributed by atoms with Crippen LogP contribution in [0.2, 0.25) is 0 Å². The van der Waals surface area contributed by atoms with Crippen molar-refractivity contribution in [3.05, 3.63) is 59.7 Å². The van der Waals surface area contributed by atoms with Gasteiger partial charge < -0.3 is 9.47 Å². The summed E-state index contributed by atoms with van der Waals surface area (Å²) >= 11 is 0. The molecule has 0 bridgehead atoms. The summed E-state index contributed by atoms with van der Waals surface area (Å²) in [6, 6.07) is 8.83. The molecule has 0 atom stereocenters. The van der Waals surface area contributed by atoms with E-state index in [-0.39, 0.29) is 12.2 Å². The molecular weight excluding hydrogens is 284 g/mol. The van der Waals surface area contributed by atoms with Gasteiger partial charge in [-0.3, -0.25) is 14.4 Å². The van der Waals surface area contributed by atoms with Gasteiger partial charge in [0.25, 0.3) is 5.79 Å². The summed E-state index contributed by atoms with van der Waals surface area (Å²) < 4.78 is 10.2. The molecule has 5 nitrogen and oxygen atoms in total. The van der Waals surface area contributed by atoms with Gasteiger partial charge in [0, 0.05) is 37.5 Å². The van der Waals surface area contributed by atoms with Gasteiger partial charge in [-0.2, -0.15) is 0 Å². The van der Waals surface area contributed by atoms with Gasteiger partial charge in [0.1, 0.15) is 0 Å². The lowest BCUT2D eigenvalue weighted by atomic mass is 9.95. The summed E-state index contributed by atoms with van der Waals surface area (Å²) in [6.07, 6.45) is 4.62. The summed E-state index contributed by atoms with van der Waals surface area (Å²) in [5.74, 6) is -2.76. The lowest BCUT2D eigenvalue weighted by molar-refractivity contribution is -0.208. The topological polar surface area (TPSA) is 69.7 Å². The lowest BCUT2D eigenvalue weighted by Crippen LogP contribution is -2.38. The van der Waals surface area contributed by atoms with Crippen LogP contribution in [0.4, 0.5) is 0 Å². The molecular formula is C17H16O5. The molecule has 1 aromatic carbocycles. The SMILES string of the molecule is CC(=O)OC1(OC(C)=O)C=CC(C(=O)c2ccccc2)=CC1. The Morgan fingerprint density at radius 1 is 1.00 bits per heavy atom. The Labute approximate surface area is 128 Å². The van der Waals surface area contributed by atoms with E-state index in [9.17, 15) is 14.4 Å². The first kappa shape index (κ1) is 15.7. The van der Waals surface area contributed by atoms with Crippen molar-refractivity contribution in [2.75, 3.05) is 0 Å². The van der Waals surface area contributed by atoms with E-state index in [1.165, 1.54) is 26.0 Å². The Balaban J connectivity index is 2.20. The number of esters is 2. The van der Waals surface area contributed by atoms with Crippen LogP contribution in [0.3, 0.4) is 0 Å². The zero-order valence-corrected chi connectivity index (χ0v) is 12.4. The molecule has 5 heteroatoms. The van der Waals surface area contributed by atoms with Crippen LogP contribution >= 0.6 is 0 Å². The molecule has 0 spiro atoms. The van der Waals surface area contributed by atoms with E-state index in [1.54, 1.807) is 30.3 Å². The maximum Gasteiger partial charge on any atom is 0.306 e. The minimum Gasteiger partial charge on any atom is -0.418 e. The van der Waals surface area contributed by atoms with E-state index < -0.39 is 17.7 Å². The standard InChI is InChI=1S/C17H16O5/c1-12(18)21-17(22-13(2)19)10-8-15(9-11-17)16(20)14-6-4-3-5-7-14/h3-10H,11H2,1-2H3. The number of hydrogen-bond donors (Lipinski definition) is 0. The molecule has 0 amide bonds. The largest absolute Gasteiger partial charge is 0.418 e. The van der Waals surface area contributed by atoms with Gasteiger partial charge >= 0.3 is 11.9 Å². The molecule has 0 radical (unpaired) electrons. The second-order valence-electron chi connectivity index (χ2n) is 4.89. The third kappa shape index (κ3) is 3.69. The monoisotopic (exact) mass is 300 g/mol. The van der Waals surface area contributed by atoms with E-state index in [0.29, 0.717) is 11.1 Å². The zero-order valence-electron chi connectivity index (χ0n) is 12.4. The number of allylic oxidation sites excluding steroid dienone is 2. The second kappa shape index (κ2) is 6.39. The molecule has 0 unspecified atom stereocenters. The van der Waals surface area contributed by atoms with Crippen molar-refractivity contribution in [2.45, 2.75) is 26.1 Å². The molecule has 114 valence electrons. The summed E-state index contributed by atoms with van der Waals surface area (Å²) in [5.41, 5.74) is 1.02. The Kier molecular flexibility index (Phi) is 4.56. The van der Waals surface area contributed by atoms with Crippen molar-refractivity contribution < 1.29 is 23.9 Å². The summed E-state index contributed by atoms with van der Waals surface area (Å²) in [7, 11) is 0. The molecule has 0 saturated heterocycles. The van der Waals surface area contributed by atoms with Crippen molar-refractivity contribution in [1.82, 2.24) is 0 Å². The van der Waals surface area contributed by atoms with Crippen molar-refractivity contribution >= 4 is 17.7 Å². The van der Waals surface area contributed by atoms with Gasteiger partial charge in [-0.25, -0.2) is 0 Å². The molecule has 2 rings (SSSR count). The number of carbonyl (C=O) groups is 3. The van der Waals surface area contributed by atoms with Crippen LogP contribution in [0, 0.1) is 0 Å². The average Bonchev–Trinajstić information content (AvgIpc) is 2.46. The third-order valence-corrected chi connectivity index (χ3v) is 3.05. The highest BCUT2D eigenvalue weighted by molar-refractivity contribution is 6.10. The van der Waals surface area contributed by atoms with Gasteiger partial charge in [0.05, 0.1) is 0 Å². The highest BCUT2D eigenvalue weighted by atomic mass is 16.7. The predicted octanol–water partition coefficient (Wildman–Crippen LogP) is 2.58. The first-order valence-electron chi connectivity index (χ1n) is 6.80. The van der Waals surface area contributed by atoms with Crippen LogP contribution in [-0.4, -0.2) is 23.5 Å². The zero-order chi connectivity index (χ0) is 16.2. The fraction of sp³-hybridized carbons (Fsp3) is 0.235. The van der Waals surface area contributed by atoms with Gasteiger partial charge in [0.15, 0.2) is 5.78 Å². The quantitative estimate of drug-likeness (QED) is 0.485. The van der Waals surface area contributed by atoms with Gasteiger partial charge in [0.2, 0.25) is 0 Å². The highest BCUT2D eigenvalue weighted by Gasteiger charge is 2.36. The number of hydrogen-bond acceptors (Lipinski definition) is 5. The van der Waals surface area contributed by atoms with E-state index in [2.05, 4.69) is 0 Å². The molecule has 1 aliphatic carbocycles. The summed E-state index contributed by atoms with van der Waals surface area (Å²) in [5, 5.41) is 0. The fourth-order valence-electron chi connectivity index (χ4n) is 2.19. The Bertz CT molecular complexity index is 639. The van der Waals surface area contributed by atoms with Crippen molar-refractivity contribution in [3.63, 3.8) is 0 Å². The van der Waals surface area contributed by atoms with E-state index in [4.69, 9.17) is 9.47 Å². The molecule has 1 aliphatic rings. The van der Waals surface area contributed by atoms with Gasteiger partial charge in [-0.15, -0.1) is 0 Å². The molecule has 0 aromatic heterocycles. The minimum atomic E-state index is -1.47. The van der Waals surface area contributed by atoms with Crippen LogP contribution in [0.1, 0.15) is 30.6 Å². The number of rotatable bonds is 4. The number of ketones is 1. The highest BCUT2D eigenvalue weighted by Crippen LogP contribution is 2.28. The van der Waals surface area contributed by atoms with Crippen molar-refractivity contribution in [2.24, 2.45) is 0 Å². The van der Waals surface area contributed by atoms with Crippen molar-refractivity contribution in [3.8, 4) is 0 Å². The maximum absolute atomic E-state index is 12.3. The normalized spacial score (nSPS) is 15.6. The van der Waals surface area contributed by atoms with Gasteiger partial charge in [-0.05, 0) is 6.08 Å². The maximum atomic E-state index is 12.3. The molecule has 22 heavy (non-hydrogen) atoms. The number of carbonyl (C=O) groups excluding carboxylic acids is 3. The molecule has 1 aromatic rings. The van der Waals surface area contributed by atoms with Gasteiger partial charge in [-0.1, -0.05) is 36.4 Å². The Morgan fingerprint density at radius 3 is 2.05 bits per heavy atom. The predicted molar refractivity (Wildman–Crippen MR) is 78.9 cm³/mol. The first-order valence-corrected chi connectivity index (χ1v) is 6.80. The number of ether oxygens (including phenoxy) is 2. The van der Waals surface area contributed by atoms with Crippen LogP contribution < -0.4 is 0 Å². The molecule has 0 N–H and O–H groups in total. The summed E-state index contributed by atoms with van der Waals surface area (Å²) in [4.78, 5) is 34.7. The van der Waals surface area contributed by atoms with Crippen LogP contribution in [0.15, 0.2) is 54.1 Å². The van der Waals surface area contributed by atoms with Crippen LogP contribution in [0.25, 0.3) is 0 Å². The molecule has 0 aliphatic heterocycles. The molecule has 0 saturated carbocycles. The van der Waals surface area contributed by atoms with Crippen molar-refractivity contribution in [1.29, 1.82) is 0 Å². The lowest BCUT2D eigenvalue weighted by Gasteiger charge is -2.30. The third-order valence-electron chi connectivity index (χ3n) is 3.05. The Morgan fingerprint density at radius 2 is 1.59 bits per heavy atom. The fourth-order valence-corrected chi connectivity index (χ4v) is 2.19. The van der Waals surface area contributed by atoms with E-state index in [1.807, 2.05) is 6.07 Å². The van der Waals surface area contributed by atoms with E-state index >= 15 is 0 Å². The van der Waals surface area contributed by atoms with E-state index in [0.717, 1.165) is 0 Å². The minimum absolute atomic E-state index is 0.0938. The molecule has 0 heterocycles. The molecule has 0 fully saturated rings. The number of Topliss-reactive ketones (excluding diaryl/α,β-unsaturated/α-hetero) is 1. The second-order valence-corrected chi connectivity index (χ2v) is 4.89. The summed E-state index contributed by atoms with van der Waals surface area (Å²) in [6.45, 7) is 2.46. The first-order chi connectivity index (χ1) is 10.4. The van der Waals surface area contributed by atoms with Crippen LogP contribution in [0.5, 0.6) is 0 Å². The number of benzene rings is 1. The Hall–Kier alpha value is -2.69.